The highest BCUT2D eigenvalue weighted by atomic mass is 79.9. The predicted octanol–water partition coefficient (Wildman–Crippen LogP) is 6.30. The minimum Gasteiger partial charge on any atom is -0.131 e. The molecule has 3 aromatic rings. The zero-order valence-electron chi connectivity index (χ0n) is 10.4. The van der Waals surface area contributed by atoms with Gasteiger partial charge in [0.2, 0.25) is 0 Å². The maximum Gasteiger partial charge on any atom is 0.0934 e. The van der Waals surface area contributed by atoms with Crippen molar-refractivity contribution in [2.75, 3.05) is 0 Å². The van der Waals surface area contributed by atoms with E-state index in [4.69, 9.17) is 11.6 Å². The van der Waals surface area contributed by atoms with Gasteiger partial charge in [0.15, 0.2) is 0 Å². The minimum atomic E-state index is -0.0962. The molecule has 0 radical (unpaired) electrons. The number of benzene rings is 2. The average Bonchev–Trinajstić information content (AvgIpc) is 2.77. The summed E-state index contributed by atoms with van der Waals surface area (Å²) in [6, 6.07) is 16.8. The molecule has 0 aliphatic heterocycles. The lowest BCUT2D eigenvalue weighted by atomic mass is 10.0. The Labute approximate surface area is 130 Å². The third-order valence-corrected chi connectivity index (χ3v) is 6.02. The predicted molar refractivity (Wildman–Crippen MR) is 88.4 cm³/mol. The topological polar surface area (TPSA) is 0 Å². The van der Waals surface area contributed by atoms with Crippen molar-refractivity contribution >= 4 is 49.6 Å². The van der Waals surface area contributed by atoms with Crippen molar-refractivity contribution in [2.24, 2.45) is 0 Å². The Morgan fingerprint density at radius 1 is 1.11 bits per heavy atom. The van der Waals surface area contributed by atoms with Crippen LogP contribution in [0.1, 0.15) is 21.4 Å². The van der Waals surface area contributed by atoms with Gasteiger partial charge in [-0.1, -0.05) is 42.5 Å². The van der Waals surface area contributed by atoms with Crippen molar-refractivity contribution in [1.82, 2.24) is 0 Å². The SMILES string of the molecule is Cc1cc(C(Cl)c2cccc3ccccc23)sc1Br. The van der Waals surface area contributed by atoms with Gasteiger partial charge in [0.1, 0.15) is 0 Å². The van der Waals surface area contributed by atoms with Crippen LogP contribution in [-0.4, -0.2) is 0 Å². The zero-order valence-corrected chi connectivity index (χ0v) is 13.5. The number of hydrogen-bond acceptors (Lipinski definition) is 1. The highest BCUT2D eigenvalue weighted by Crippen LogP contribution is 2.40. The van der Waals surface area contributed by atoms with Gasteiger partial charge in [0.05, 0.1) is 9.16 Å². The molecule has 0 fully saturated rings. The van der Waals surface area contributed by atoms with Crippen molar-refractivity contribution < 1.29 is 0 Å². The van der Waals surface area contributed by atoms with Gasteiger partial charge in [-0.2, -0.15) is 0 Å². The second kappa shape index (κ2) is 5.28. The second-order valence-corrected chi connectivity index (χ2v) is 7.37. The Bertz CT molecular complexity index is 708. The fourth-order valence-corrected chi connectivity index (χ4v) is 4.19. The molecule has 0 N–H and O–H groups in total. The van der Waals surface area contributed by atoms with Crippen LogP contribution < -0.4 is 0 Å². The molecule has 2 aromatic carbocycles. The Balaban J connectivity index is 2.13. The van der Waals surface area contributed by atoms with Gasteiger partial charge in [0, 0.05) is 4.88 Å². The van der Waals surface area contributed by atoms with E-state index in [2.05, 4.69) is 71.4 Å². The van der Waals surface area contributed by atoms with Gasteiger partial charge in [-0.05, 0) is 50.8 Å². The molecule has 1 aromatic heterocycles. The van der Waals surface area contributed by atoms with Gasteiger partial charge in [0.25, 0.3) is 0 Å². The summed E-state index contributed by atoms with van der Waals surface area (Å²) in [6.07, 6.45) is 0. The molecule has 19 heavy (non-hydrogen) atoms. The summed E-state index contributed by atoms with van der Waals surface area (Å²) in [6.45, 7) is 2.09. The average molecular weight is 352 g/mol. The lowest BCUT2D eigenvalue weighted by Gasteiger charge is -2.11. The van der Waals surface area contributed by atoms with E-state index < -0.39 is 0 Å². The van der Waals surface area contributed by atoms with E-state index in [0.717, 1.165) is 3.79 Å². The molecule has 0 bridgehead atoms. The molecule has 1 unspecified atom stereocenters. The van der Waals surface area contributed by atoms with Gasteiger partial charge >= 0.3 is 0 Å². The quantitative estimate of drug-likeness (QED) is 0.475. The first-order valence-corrected chi connectivity index (χ1v) is 8.09. The van der Waals surface area contributed by atoms with Crippen LogP contribution in [0.5, 0.6) is 0 Å². The monoisotopic (exact) mass is 350 g/mol. The van der Waals surface area contributed by atoms with Gasteiger partial charge < -0.3 is 0 Å². The van der Waals surface area contributed by atoms with E-state index in [9.17, 15) is 0 Å². The lowest BCUT2D eigenvalue weighted by molar-refractivity contribution is 1.20. The van der Waals surface area contributed by atoms with E-state index in [1.165, 1.54) is 26.8 Å². The third-order valence-electron chi connectivity index (χ3n) is 3.22. The molecule has 1 atom stereocenters. The van der Waals surface area contributed by atoms with Crippen LogP contribution in [0.15, 0.2) is 52.3 Å². The summed E-state index contributed by atoms with van der Waals surface area (Å²) in [5.74, 6) is 0. The summed E-state index contributed by atoms with van der Waals surface area (Å²) in [4.78, 5) is 1.18. The maximum atomic E-state index is 6.69. The van der Waals surface area contributed by atoms with Crippen LogP contribution in [-0.2, 0) is 0 Å². The second-order valence-electron chi connectivity index (χ2n) is 4.54. The first-order valence-electron chi connectivity index (χ1n) is 6.04. The summed E-state index contributed by atoms with van der Waals surface area (Å²) >= 11 is 12.0. The van der Waals surface area contributed by atoms with Crippen molar-refractivity contribution in [1.29, 1.82) is 0 Å². The summed E-state index contributed by atoms with van der Waals surface area (Å²) in [5, 5.41) is 2.37. The van der Waals surface area contributed by atoms with E-state index in [-0.39, 0.29) is 5.38 Å². The van der Waals surface area contributed by atoms with Crippen LogP contribution >= 0.6 is 38.9 Å². The number of hydrogen-bond donors (Lipinski definition) is 0. The zero-order chi connectivity index (χ0) is 13.4. The molecule has 0 spiro atoms. The molecule has 3 heteroatoms. The van der Waals surface area contributed by atoms with Crippen LogP contribution in [0, 0.1) is 6.92 Å². The molecular formula is C16H12BrClS. The molecule has 0 saturated carbocycles. The molecule has 3 rings (SSSR count). The van der Waals surface area contributed by atoms with Crippen molar-refractivity contribution in [3.63, 3.8) is 0 Å². The molecule has 0 nitrogen and oxygen atoms in total. The van der Waals surface area contributed by atoms with E-state index in [0.29, 0.717) is 0 Å². The Morgan fingerprint density at radius 3 is 2.58 bits per heavy atom. The van der Waals surface area contributed by atoms with Crippen LogP contribution in [0.4, 0.5) is 0 Å². The van der Waals surface area contributed by atoms with Crippen molar-refractivity contribution in [3.8, 4) is 0 Å². The summed E-state index contributed by atoms with van der Waals surface area (Å²) < 4.78 is 1.16. The number of thiophene rings is 1. The molecule has 0 saturated heterocycles. The maximum absolute atomic E-state index is 6.69. The van der Waals surface area contributed by atoms with Crippen LogP contribution in [0.25, 0.3) is 10.8 Å². The normalized spacial score (nSPS) is 12.8. The van der Waals surface area contributed by atoms with E-state index in [1.54, 1.807) is 11.3 Å². The molecule has 0 aliphatic rings. The molecule has 0 aliphatic carbocycles. The first-order chi connectivity index (χ1) is 9.16. The van der Waals surface area contributed by atoms with Gasteiger partial charge in [-0.3, -0.25) is 0 Å². The summed E-state index contributed by atoms with van der Waals surface area (Å²) in [5.41, 5.74) is 2.42. The van der Waals surface area contributed by atoms with Crippen molar-refractivity contribution in [3.05, 3.63) is 68.3 Å². The van der Waals surface area contributed by atoms with Crippen LogP contribution in [0.2, 0.25) is 0 Å². The van der Waals surface area contributed by atoms with Gasteiger partial charge in [-0.15, -0.1) is 22.9 Å². The summed E-state index contributed by atoms with van der Waals surface area (Å²) in [7, 11) is 0. The molecule has 0 amide bonds. The molecular weight excluding hydrogens is 340 g/mol. The van der Waals surface area contributed by atoms with Crippen molar-refractivity contribution in [2.45, 2.75) is 12.3 Å². The standard InChI is InChI=1S/C16H12BrClS/c1-10-9-14(19-16(10)17)15(18)13-8-4-6-11-5-2-3-7-12(11)13/h2-9,15H,1H3. The molecule has 1 heterocycles. The lowest BCUT2D eigenvalue weighted by Crippen LogP contribution is -1.91. The van der Waals surface area contributed by atoms with E-state index in [1.807, 2.05) is 0 Å². The molecule has 96 valence electrons. The Morgan fingerprint density at radius 2 is 1.84 bits per heavy atom. The third kappa shape index (κ3) is 2.45. The minimum absolute atomic E-state index is 0.0962. The number of alkyl halides is 1. The number of aryl methyl sites for hydroxylation is 1. The smallest absolute Gasteiger partial charge is 0.0934 e. The van der Waals surface area contributed by atoms with Gasteiger partial charge in [-0.25, -0.2) is 0 Å². The highest BCUT2D eigenvalue weighted by Gasteiger charge is 2.16. The Hall–Kier alpha value is -0.830. The Kier molecular flexibility index (Phi) is 3.66. The van der Waals surface area contributed by atoms with E-state index >= 15 is 0 Å². The highest BCUT2D eigenvalue weighted by molar-refractivity contribution is 9.11. The number of rotatable bonds is 2. The number of fused-ring (bicyclic) bond motifs is 1. The number of halogens is 2. The largest absolute Gasteiger partial charge is 0.131 e. The fourth-order valence-electron chi connectivity index (χ4n) is 2.23. The van der Waals surface area contributed by atoms with Crippen LogP contribution in [0.3, 0.4) is 0 Å². The fraction of sp³-hybridized carbons (Fsp3) is 0.125. The first kappa shape index (κ1) is 13.2.